The molecule has 0 fully saturated rings. The lowest BCUT2D eigenvalue weighted by Crippen LogP contribution is -2.37. The monoisotopic (exact) mass is 242 g/mol. The fourth-order valence-corrected chi connectivity index (χ4v) is 2.44. The van der Waals surface area contributed by atoms with Gasteiger partial charge in [0.1, 0.15) is 17.2 Å². The smallest absolute Gasteiger partial charge is 0.143 e. The van der Waals surface area contributed by atoms with Crippen LogP contribution in [0.4, 0.5) is 4.39 Å². The number of benzene rings is 1. The van der Waals surface area contributed by atoms with E-state index in [0.717, 1.165) is 5.69 Å². The predicted molar refractivity (Wildman–Crippen MR) is 67.7 cm³/mol. The van der Waals surface area contributed by atoms with Gasteiger partial charge >= 0.3 is 0 Å². The van der Waals surface area contributed by atoms with Gasteiger partial charge in [0.25, 0.3) is 0 Å². The summed E-state index contributed by atoms with van der Waals surface area (Å²) in [5.41, 5.74) is 6.67. The molecule has 2 N–H and O–H groups in total. The van der Waals surface area contributed by atoms with Crippen LogP contribution >= 0.6 is 0 Å². The number of amidine groups is 1. The highest BCUT2D eigenvalue weighted by molar-refractivity contribution is 5.97. The molecule has 2 heterocycles. The van der Waals surface area contributed by atoms with E-state index in [2.05, 4.69) is 11.1 Å². The van der Waals surface area contributed by atoms with Crippen LogP contribution in [0.15, 0.2) is 41.5 Å². The first-order valence-electron chi connectivity index (χ1n) is 5.77. The molecular formula is C14H13FN3. The SMILES string of the molecule is CC1(c2c[c]ccc2F)Cn2cccc2C(N)=N1. The number of nitrogens with two attached hydrogens (primary N) is 1. The second-order valence-electron chi connectivity index (χ2n) is 4.70. The van der Waals surface area contributed by atoms with Crippen molar-refractivity contribution < 1.29 is 4.39 Å². The van der Waals surface area contributed by atoms with E-state index in [4.69, 9.17) is 5.73 Å². The molecular weight excluding hydrogens is 229 g/mol. The van der Waals surface area contributed by atoms with Crippen molar-refractivity contribution >= 4 is 5.84 Å². The quantitative estimate of drug-likeness (QED) is 0.817. The normalized spacial score (nSPS) is 22.4. The van der Waals surface area contributed by atoms with E-state index in [1.807, 2.05) is 29.8 Å². The number of nitrogens with zero attached hydrogens (tertiary/aromatic N) is 2. The first kappa shape index (κ1) is 11.0. The molecule has 0 bridgehead atoms. The van der Waals surface area contributed by atoms with Crippen molar-refractivity contribution in [3.8, 4) is 0 Å². The Hall–Kier alpha value is -2.10. The van der Waals surface area contributed by atoms with Crippen LogP contribution in [0.3, 0.4) is 0 Å². The van der Waals surface area contributed by atoms with Crippen LogP contribution in [0.2, 0.25) is 0 Å². The molecule has 2 aromatic rings. The van der Waals surface area contributed by atoms with E-state index in [1.54, 1.807) is 12.1 Å². The van der Waals surface area contributed by atoms with Gasteiger partial charge in [-0.1, -0.05) is 6.07 Å². The molecule has 91 valence electrons. The molecule has 3 nitrogen and oxygen atoms in total. The second-order valence-corrected chi connectivity index (χ2v) is 4.70. The summed E-state index contributed by atoms with van der Waals surface area (Å²) in [4.78, 5) is 4.47. The minimum absolute atomic E-state index is 0.275. The molecule has 0 saturated carbocycles. The Labute approximate surface area is 105 Å². The minimum Gasteiger partial charge on any atom is -0.382 e. The van der Waals surface area contributed by atoms with Gasteiger partial charge in [-0.25, -0.2) is 4.39 Å². The van der Waals surface area contributed by atoms with Gasteiger partial charge < -0.3 is 10.3 Å². The standard InChI is InChI=1S/C14H13FN3/c1-14(10-5-2-3-6-11(10)15)9-18-8-4-7-12(18)13(16)17-14/h3-8H,9H2,1H3,(H2,16,17). The summed E-state index contributed by atoms with van der Waals surface area (Å²) in [6.45, 7) is 2.46. The van der Waals surface area contributed by atoms with Gasteiger partial charge in [-0.15, -0.1) is 0 Å². The van der Waals surface area contributed by atoms with Gasteiger partial charge in [0, 0.05) is 11.8 Å². The number of aliphatic imine (C=N–C) groups is 1. The Bertz CT molecular complexity index is 629. The third-order valence-electron chi connectivity index (χ3n) is 3.33. The Kier molecular flexibility index (Phi) is 2.26. The third-order valence-corrected chi connectivity index (χ3v) is 3.33. The second kappa shape index (κ2) is 3.70. The summed E-state index contributed by atoms with van der Waals surface area (Å²) in [7, 11) is 0. The van der Waals surface area contributed by atoms with Crippen molar-refractivity contribution in [2.75, 3.05) is 0 Å². The summed E-state index contributed by atoms with van der Waals surface area (Å²) in [6.07, 6.45) is 1.93. The molecule has 1 aromatic carbocycles. The maximum Gasteiger partial charge on any atom is 0.143 e. The number of fused-ring (bicyclic) bond motifs is 1. The lowest BCUT2D eigenvalue weighted by Gasteiger charge is -2.32. The lowest BCUT2D eigenvalue weighted by molar-refractivity contribution is 0.385. The van der Waals surface area contributed by atoms with Gasteiger partial charge in [0.2, 0.25) is 0 Å². The highest BCUT2D eigenvalue weighted by Gasteiger charge is 2.33. The third kappa shape index (κ3) is 1.53. The summed E-state index contributed by atoms with van der Waals surface area (Å²) in [5.74, 6) is 0.167. The van der Waals surface area contributed by atoms with Gasteiger partial charge in [-0.2, -0.15) is 0 Å². The van der Waals surface area contributed by atoms with Crippen LogP contribution in [-0.2, 0) is 12.1 Å². The average Bonchev–Trinajstić information content (AvgIpc) is 2.77. The molecule has 0 spiro atoms. The fraction of sp³-hybridized carbons (Fsp3) is 0.214. The molecule has 3 rings (SSSR count). The molecule has 4 heteroatoms. The Morgan fingerprint density at radius 1 is 1.50 bits per heavy atom. The molecule has 1 unspecified atom stereocenters. The Morgan fingerprint density at radius 3 is 3.11 bits per heavy atom. The van der Waals surface area contributed by atoms with Crippen LogP contribution in [0, 0.1) is 11.9 Å². The molecule has 1 aromatic heterocycles. The molecule has 0 amide bonds. The maximum absolute atomic E-state index is 13.9. The lowest BCUT2D eigenvalue weighted by atomic mass is 9.90. The first-order valence-corrected chi connectivity index (χ1v) is 5.77. The highest BCUT2D eigenvalue weighted by Crippen LogP contribution is 2.33. The molecule has 1 aliphatic rings. The van der Waals surface area contributed by atoms with Gasteiger partial charge in [-0.05, 0) is 37.3 Å². The highest BCUT2D eigenvalue weighted by atomic mass is 19.1. The van der Waals surface area contributed by atoms with Crippen LogP contribution in [0.1, 0.15) is 18.2 Å². The van der Waals surface area contributed by atoms with Crippen LogP contribution in [0.5, 0.6) is 0 Å². The number of rotatable bonds is 1. The van der Waals surface area contributed by atoms with Crippen molar-refractivity contribution in [1.82, 2.24) is 4.57 Å². The Morgan fingerprint density at radius 2 is 2.33 bits per heavy atom. The molecule has 1 atom stereocenters. The van der Waals surface area contributed by atoms with Gasteiger partial charge in [0.05, 0.1) is 12.2 Å². The van der Waals surface area contributed by atoms with E-state index in [9.17, 15) is 4.39 Å². The topological polar surface area (TPSA) is 43.3 Å². The maximum atomic E-state index is 13.9. The van der Waals surface area contributed by atoms with Crippen molar-refractivity contribution in [2.24, 2.45) is 10.7 Å². The van der Waals surface area contributed by atoms with Crippen molar-refractivity contribution in [3.05, 3.63) is 59.7 Å². The van der Waals surface area contributed by atoms with E-state index >= 15 is 0 Å². The van der Waals surface area contributed by atoms with Crippen LogP contribution < -0.4 is 5.73 Å². The van der Waals surface area contributed by atoms with Crippen molar-refractivity contribution in [1.29, 1.82) is 0 Å². The molecule has 18 heavy (non-hydrogen) atoms. The van der Waals surface area contributed by atoms with Crippen LogP contribution in [-0.4, -0.2) is 10.4 Å². The number of aromatic nitrogens is 1. The summed E-state index contributed by atoms with van der Waals surface area (Å²) in [5, 5.41) is 0. The first-order chi connectivity index (χ1) is 8.60. The van der Waals surface area contributed by atoms with E-state index in [0.29, 0.717) is 17.9 Å². The average molecular weight is 242 g/mol. The zero-order valence-electron chi connectivity index (χ0n) is 10.0. The van der Waals surface area contributed by atoms with E-state index in [-0.39, 0.29) is 5.82 Å². The van der Waals surface area contributed by atoms with Crippen molar-refractivity contribution in [3.63, 3.8) is 0 Å². The number of hydrogen-bond donors (Lipinski definition) is 1. The van der Waals surface area contributed by atoms with E-state index < -0.39 is 5.54 Å². The molecule has 1 aliphatic heterocycles. The summed E-state index contributed by atoms with van der Waals surface area (Å²) >= 11 is 0. The number of halogens is 1. The largest absolute Gasteiger partial charge is 0.382 e. The fourth-order valence-electron chi connectivity index (χ4n) is 2.44. The minimum atomic E-state index is -0.683. The van der Waals surface area contributed by atoms with Crippen molar-refractivity contribution in [2.45, 2.75) is 19.0 Å². The molecule has 0 saturated heterocycles. The summed E-state index contributed by atoms with van der Waals surface area (Å²) in [6, 6.07) is 11.3. The molecule has 1 radical (unpaired) electrons. The number of hydrogen-bond acceptors (Lipinski definition) is 2. The zero-order valence-corrected chi connectivity index (χ0v) is 10.0. The zero-order chi connectivity index (χ0) is 12.8. The van der Waals surface area contributed by atoms with Crippen LogP contribution in [0.25, 0.3) is 0 Å². The Balaban J connectivity index is 2.14. The molecule has 0 aliphatic carbocycles. The van der Waals surface area contributed by atoms with E-state index in [1.165, 1.54) is 6.07 Å². The predicted octanol–water partition coefficient (Wildman–Crippen LogP) is 2.06. The van der Waals surface area contributed by atoms with Gasteiger partial charge in [-0.3, -0.25) is 4.99 Å². The summed E-state index contributed by atoms with van der Waals surface area (Å²) < 4.78 is 15.9. The van der Waals surface area contributed by atoms with Gasteiger partial charge in [0.15, 0.2) is 0 Å².